The van der Waals surface area contributed by atoms with E-state index in [4.69, 9.17) is 5.73 Å². The summed E-state index contributed by atoms with van der Waals surface area (Å²) in [5, 5.41) is 0. The standard InChI is InChI=1S/C15H23N3/c16-14-6-7-15-12-17(8-9-18(15)11-14)10-13-4-2-1-3-5-13/h1-5,14-15H,6-12,16H2. The number of fused-ring (bicyclic) bond motifs is 1. The lowest BCUT2D eigenvalue weighted by Gasteiger charge is -2.45. The molecule has 98 valence electrons. The van der Waals surface area contributed by atoms with Crippen molar-refractivity contribution in [2.45, 2.75) is 31.5 Å². The van der Waals surface area contributed by atoms with Crippen molar-refractivity contribution in [3.05, 3.63) is 35.9 Å². The number of hydrogen-bond acceptors (Lipinski definition) is 3. The zero-order valence-electron chi connectivity index (χ0n) is 11.0. The van der Waals surface area contributed by atoms with Gasteiger partial charge in [0, 0.05) is 44.8 Å². The summed E-state index contributed by atoms with van der Waals surface area (Å²) in [7, 11) is 0. The second-order valence-corrected chi connectivity index (χ2v) is 5.71. The van der Waals surface area contributed by atoms with Gasteiger partial charge in [0.1, 0.15) is 0 Å². The molecule has 0 radical (unpaired) electrons. The van der Waals surface area contributed by atoms with Gasteiger partial charge in [0.15, 0.2) is 0 Å². The Bertz CT molecular complexity index is 379. The van der Waals surface area contributed by atoms with Crippen LogP contribution in [-0.4, -0.2) is 48.1 Å². The Hall–Kier alpha value is -0.900. The van der Waals surface area contributed by atoms with Gasteiger partial charge in [0.05, 0.1) is 0 Å². The number of piperazine rings is 1. The van der Waals surface area contributed by atoms with Crippen LogP contribution in [0.25, 0.3) is 0 Å². The number of rotatable bonds is 2. The van der Waals surface area contributed by atoms with Gasteiger partial charge in [-0.25, -0.2) is 0 Å². The molecule has 18 heavy (non-hydrogen) atoms. The third kappa shape index (κ3) is 2.74. The predicted molar refractivity (Wildman–Crippen MR) is 74.3 cm³/mol. The molecule has 0 aromatic heterocycles. The van der Waals surface area contributed by atoms with Gasteiger partial charge in [-0.3, -0.25) is 9.80 Å². The maximum atomic E-state index is 6.04. The van der Waals surface area contributed by atoms with E-state index >= 15 is 0 Å². The van der Waals surface area contributed by atoms with Crippen molar-refractivity contribution in [3.8, 4) is 0 Å². The predicted octanol–water partition coefficient (Wildman–Crippen LogP) is 1.29. The summed E-state index contributed by atoms with van der Waals surface area (Å²) in [4.78, 5) is 5.18. The molecule has 2 aliphatic rings. The Morgan fingerprint density at radius 3 is 2.72 bits per heavy atom. The highest BCUT2D eigenvalue weighted by molar-refractivity contribution is 5.14. The van der Waals surface area contributed by atoms with E-state index in [0.717, 1.165) is 19.1 Å². The third-order valence-electron chi connectivity index (χ3n) is 4.28. The molecule has 3 rings (SSSR count). The highest BCUT2D eigenvalue weighted by Gasteiger charge is 2.31. The van der Waals surface area contributed by atoms with Crippen LogP contribution >= 0.6 is 0 Å². The first-order valence-corrected chi connectivity index (χ1v) is 7.07. The molecule has 2 aliphatic heterocycles. The number of nitrogens with zero attached hydrogens (tertiary/aromatic N) is 2. The third-order valence-corrected chi connectivity index (χ3v) is 4.28. The van der Waals surface area contributed by atoms with Crippen molar-refractivity contribution >= 4 is 0 Å². The van der Waals surface area contributed by atoms with Crippen molar-refractivity contribution in [1.29, 1.82) is 0 Å². The molecule has 2 heterocycles. The van der Waals surface area contributed by atoms with E-state index in [1.807, 2.05) is 0 Å². The summed E-state index contributed by atoms with van der Waals surface area (Å²) in [6.07, 6.45) is 2.47. The quantitative estimate of drug-likeness (QED) is 0.852. The van der Waals surface area contributed by atoms with Gasteiger partial charge in [0.25, 0.3) is 0 Å². The molecule has 0 spiro atoms. The SMILES string of the molecule is NC1CCC2CN(Cc3ccccc3)CCN2C1. The van der Waals surface area contributed by atoms with Crippen molar-refractivity contribution in [2.75, 3.05) is 26.2 Å². The molecule has 0 amide bonds. The molecule has 2 unspecified atom stereocenters. The molecule has 2 atom stereocenters. The molecule has 0 saturated carbocycles. The van der Waals surface area contributed by atoms with Crippen molar-refractivity contribution < 1.29 is 0 Å². The molecule has 0 aliphatic carbocycles. The lowest BCUT2D eigenvalue weighted by atomic mass is 9.96. The molecule has 1 aromatic carbocycles. The van der Waals surface area contributed by atoms with Crippen LogP contribution in [0.3, 0.4) is 0 Å². The number of nitrogens with two attached hydrogens (primary N) is 1. The maximum Gasteiger partial charge on any atom is 0.0234 e. The first kappa shape index (κ1) is 12.2. The van der Waals surface area contributed by atoms with Gasteiger partial charge in [-0.05, 0) is 18.4 Å². The van der Waals surface area contributed by atoms with E-state index in [1.165, 1.54) is 38.0 Å². The Morgan fingerprint density at radius 1 is 1.06 bits per heavy atom. The van der Waals surface area contributed by atoms with E-state index in [1.54, 1.807) is 0 Å². The average Bonchev–Trinajstić information content (AvgIpc) is 2.40. The van der Waals surface area contributed by atoms with E-state index < -0.39 is 0 Å². The summed E-state index contributed by atoms with van der Waals surface area (Å²) in [5.41, 5.74) is 7.47. The van der Waals surface area contributed by atoms with Gasteiger partial charge < -0.3 is 5.73 Å². The minimum Gasteiger partial charge on any atom is -0.327 e. The second kappa shape index (κ2) is 5.39. The lowest BCUT2D eigenvalue weighted by molar-refractivity contribution is 0.0389. The first-order chi connectivity index (χ1) is 8.81. The van der Waals surface area contributed by atoms with Crippen molar-refractivity contribution in [3.63, 3.8) is 0 Å². The van der Waals surface area contributed by atoms with Crippen molar-refractivity contribution in [2.24, 2.45) is 5.73 Å². The van der Waals surface area contributed by atoms with Crippen LogP contribution < -0.4 is 5.73 Å². The molecule has 3 nitrogen and oxygen atoms in total. The second-order valence-electron chi connectivity index (χ2n) is 5.71. The van der Waals surface area contributed by atoms with Crippen LogP contribution in [0.4, 0.5) is 0 Å². The number of hydrogen-bond donors (Lipinski definition) is 1. The fourth-order valence-corrected chi connectivity index (χ4v) is 3.26. The van der Waals surface area contributed by atoms with Gasteiger partial charge in [-0.1, -0.05) is 30.3 Å². The topological polar surface area (TPSA) is 32.5 Å². The Kier molecular flexibility index (Phi) is 3.64. The van der Waals surface area contributed by atoms with E-state index in [2.05, 4.69) is 40.1 Å². The smallest absolute Gasteiger partial charge is 0.0234 e. The molecule has 0 bridgehead atoms. The van der Waals surface area contributed by atoms with Gasteiger partial charge in [-0.2, -0.15) is 0 Å². The lowest BCUT2D eigenvalue weighted by Crippen LogP contribution is -2.58. The van der Waals surface area contributed by atoms with Crippen molar-refractivity contribution in [1.82, 2.24) is 9.80 Å². The summed E-state index contributed by atoms with van der Waals surface area (Å²) in [6, 6.07) is 11.9. The van der Waals surface area contributed by atoms with Gasteiger partial charge in [0.2, 0.25) is 0 Å². The fraction of sp³-hybridized carbons (Fsp3) is 0.600. The number of piperidine rings is 1. The Labute approximate surface area is 110 Å². The fourth-order valence-electron chi connectivity index (χ4n) is 3.26. The summed E-state index contributed by atoms with van der Waals surface area (Å²) >= 11 is 0. The van der Waals surface area contributed by atoms with Crippen LogP contribution in [0.5, 0.6) is 0 Å². The van der Waals surface area contributed by atoms with E-state index in [0.29, 0.717) is 6.04 Å². The molecule has 2 fully saturated rings. The van der Waals surface area contributed by atoms with Crippen LogP contribution in [0.1, 0.15) is 18.4 Å². The molecule has 3 heteroatoms. The highest BCUT2D eigenvalue weighted by atomic mass is 15.3. The Balaban J connectivity index is 1.58. The summed E-state index contributed by atoms with van der Waals surface area (Å²) in [6.45, 7) is 5.77. The molecule has 2 N–H and O–H groups in total. The van der Waals surface area contributed by atoms with Crippen LogP contribution in [0, 0.1) is 0 Å². The molecular weight excluding hydrogens is 222 g/mol. The maximum absolute atomic E-state index is 6.04. The first-order valence-electron chi connectivity index (χ1n) is 7.07. The largest absolute Gasteiger partial charge is 0.327 e. The van der Waals surface area contributed by atoms with E-state index in [-0.39, 0.29) is 0 Å². The minimum absolute atomic E-state index is 0.405. The minimum atomic E-state index is 0.405. The normalized spacial score (nSPS) is 30.1. The van der Waals surface area contributed by atoms with Crippen LogP contribution in [0.2, 0.25) is 0 Å². The monoisotopic (exact) mass is 245 g/mol. The van der Waals surface area contributed by atoms with E-state index in [9.17, 15) is 0 Å². The van der Waals surface area contributed by atoms with Crippen LogP contribution in [0.15, 0.2) is 30.3 Å². The highest BCUT2D eigenvalue weighted by Crippen LogP contribution is 2.21. The molecule has 2 saturated heterocycles. The summed E-state index contributed by atoms with van der Waals surface area (Å²) in [5.74, 6) is 0. The van der Waals surface area contributed by atoms with Gasteiger partial charge >= 0.3 is 0 Å². The molecular formula is C15H23N3. The van der Waals surface area contributed by atoms with Crippen LogP contribution in [-0.2, 0) is 6.54 Å². The zero-order valence-corrected chi connectivity index (χ0v) is 11.0. The molecule has 1 aromatic rings. The van der Waals surface area contributed by atoms with Gasteiger partial charge in [-0.15, -0.1) is 0 Å². The average molecular weight is 245 g/mol. The zero-order chi connectivity index (χ0) is 12.4. The number of benzene rings is 1. The summed E-state index contributed by atoms with van der Waals surface area (Å²) < 4.78 is 0. The Morgan fingerprint density at radius 2 is 1.89 bits per heavy atom.